The van der Waals surface area contributed by atoms with Gasteiger partial charge in [0.05, 0.1) is 11.6 Å². The second-order valence-electron chi connectivity index (χ2n) is 6.59. The van der Waals surface area contributed by atoms with Gasteiger partial charge in [-0.3, -0.25) is 9.69 Å². The largest absolute Gasteiger partial charge is 0.315 e. The maximum atomic E-state index is 12.7. The lowest BCUT2D eigenvalue weighted by molar-refractivity contribution is -0.120. The lowest BCUT2D eigenvalue weighted by Gasteiger charge is -2.23. The number of nitriles is 1. The fourth-order valence-electron chi connectivity index (χ4n) is 3.17. The molecule has 1 atom stereocenters. The van der Waals surface area contributed by atoms with Gasteiger partial charge >= 0.3 is 0 Å². The van der Waals surface area contributed by atoms with Gasteiger partial charge < -0.3 is 5.32 Å². The van der Waals surface area contributed by atoms with Crippen LogP contribution in [0.2, 0.25) is 0 Å². The molecule has 0 aromatic carbocycles. The number of aryl methyl sites for hydroxylation is 1. The Hall–Kier alpha value is -1.68. The molecule has 3 rings (SSSR count). The second-order valence-corrected chi connectivity index (χ2v) is 8.48. The molecule has 6 heteroatoms. The Balaban J connectivity index is 1.71. The number of hydrogen-bond donors (Lipinski definition) is 1. The predicted molar refractivity (Wildman–Crippen MR) is 104 cm³/mol. The molecule has 0 fully saturated rings. The SMILES string of the molecule is CC(C(=O)Nc1sc2c(c1C#N)CCCCC2)N(C)Cc1ccsc1. The summed E-state index contributed by atoms with van der Waals surface area (Å²) in [6.45, 7) is 2.65. The van der Waals surface area contributed by atoms with Gasteiger partial charge in [0.25, 0.3) is 0 Å². The molecule has 0 spiro atoms. The Labute approximate surface area is 157 Å². The quantitative estimate of drug-likeness (QED) is 0.790. The number of carbonyl (C=O) groups is 1. The number of likely N-dealkylation sites (N-methyl/N-ethyl adjacent to an activating group) is 1. The molecule has 1 aliphatic carbocycles. The lowest BCUT2D eigenvalue weighted by atomic mass is 10.1. The van der Waals surface area contributed by atoms with E-state index >= 15 is 0 Å². The van der Waals surface area contributed by atoms with Gasteiger partial charge in [-0.1, -0.05) is 6.42 Å². The third-order valence-electron chi connectivity index (χ3n) is 4.82. The van der Waals surface area contributed by atoms with Gasteiger partial charge in [-0.25, -0.2) is 0 Å². The van der Waals surface area contributed by atoms with Crippen molar-refractivity contribution in [1.29, 1.82) is 5.26 Å². The molecule has 2 heterocycles. The number of nitrogens with zero attached hydrogens (tertiary/aromatic N) is 2. The van der Waals surface area contributed by atoms with Crippen LogP contribution in [0.15, 0.2) is 16.8 Å². The summed E-state index contributed by atoms with van der Waals surface area (Å²) >= 11 is 3.26. The van der Waals surface area contributed by atoms with E-state index in [4.69, 9.17) is 0 Å². The molecule has 132 valence electrons. The monoisotopic (exact) mass is 373 g/mol. The van der Waals surface area contributed by atoms with E-state index in [1.54, 1.807) is 22.7 Å². The minimum absolute atomic E-state index is 0.0503. The molecular formula is C19H23N3OS2. The standard InChI is InChI=1S/C19H23N3OS2/c1-13(22(2)11-14-8-9-24-12-14)18(23)21-19-16(10-20)15-6-4-3-5-7-17(15)25-19/h8-9,12-13H,3-7,11H2,1-2H3,(H,21,23). The molecule has 1 unspecified atom stereocenters. The minimum Gasteiger partial charge on any atom is -0.315 e. The molecule has 0 radical (unpaired) electrons. The van der Waals surface area contributed by atoms with Crippen LogP contribution in [0.25, 0.3) is 0 Å². The average molecular weight is 374 g/mol. The van der Waals surface area contributed by atoms with Crippen LogP contribution in [0.3, 0.4) is 0 Å². The van der Waals surface area contributed by atoms with Crippen molar-refractivity contribution in [2.45, 2.75) is 51.6 Å². The number of rotatable bonds is 5. The van der Waals surface area contributed by atoms with E-state index in [0.717, 1.165) is 30.8 Å². The summed E-state index contributed by atoms with van der Waals surface area (Å²) in [5, 5.41) is 17.5. The van der Waals surface area contributed by atoms with Crippen LogP contribution in [-0.4, -0.2) is 23.9 Å². The molecule has 1 amide bonds. The first kappa shape index (κ1) is 18.1. The Morgan fingerprint density at radius 1 is 1.40 bits per heavy atom. The van der Waals surface area contributed by atoms with E-state index in [1.165, 1.54) is 28.8 Å². The Morgan fingerprint density at radius 3 is 2.92 bits per heavy atom. The van der Waals surface area contributed by atoms with Crippen LogP contribution in [-0.2, 0) is 24.2 Å². The molecule has 0 bridgehead atoms. The normalized spacial score (nSPS) is 15.3. The first-order valence-corrected chi connectivity index (χ1v) is 10.4. The van der Waals surface area contributed by atoms with Crippen LogP contribution in [0, 0.1) is 11.3 Å². The van der Waals surface area contributed by atoms with Gasteiger partial charge in [0.2, 0.25) is 5.91 Å². The third kappa shape index (κ3) is 4.12. The van der Waals surface area contributed by atoms with Crippen molar-refractivity contribution in [3.63, 3.8) is 0 Å². The summed E-state index contributed by atoms with van der Waals surface area (Å²) in [6.07, 6.45) is 5.51. The van der Waals surface area contributed by atoms with Crippen molar-refractivity contribution >= 4 is 33.6 Å². The molecule has 4 nitrogen and oxygen atoms in total. The highest BCUT2D eigenvalue weighted by molar-refractivity contribution is 7.16. The van der Waals surface area contributed by atoms with Crippen LogP contribution < -0.4 is 5.32 Å². The van der Waals surface area contributed by atoms with E-state index in [9.17, 15) is 10.1 Å². The van der Waals surface area contributed by atoms with Crippen molar-refractivity contribution < 1.29 is 4.79 Å². The molecule has 1 N–H and O–H groups in total. The van der Waals surface area contributed by atoms with Crippen molar-refractivity contribution in [3.8, 4) is 6.07 Å². The zero-order valence-electron chi connectivity index (χ0n) is 14.7. The predicted octanol–water partition coefficient (Wildman–Crippen LogP) is 4.41. The van der Waals surface area contributed by atoms with Gasteiger partial charge in [0, 0.05) is 11.4 Å². The van der Waals surface area contributed by atoms with Crippen molar-refractivity contribution in [2.24, 2.45) is 0 Å². The fourth-order valence-corrected chi connectivity index (χ4v) is 5.08. The Kier molecular flexibility index (Phi) is 5.89. The molecule has 2 aromatic heterocycles. The molecule has 0 aliphatic heterocycles. The highest BCUT2D eigenvalue weighted by atomic mass is 32.1. The van der Waals surface area contributed by atoms with E-state index in [0.29, 0.717) is 5.56 Å². The number of anilines is 1. The molecule has 1 aliphatic rings. The smallest absolute Gasteiger partial charge is 0.242 e. The molecule has 2 aromatic rings. The number of thiophene rings is 2. The second kappa shape index (κ2) is 8.13. The topological polar surface area (TPSA) is 56.1 Å². The maximum absolute atomic E-state index is 12.7. The fraction of sp³-hybridized carbons (Fsp3) is 0.474. The molecular weight excluding hydrogens is 350 g/mol. The van der Waals surface area contributed by atoms with E-state index < -0.39 is 0 Å². The summed E-state index contributed by atoms with van der Waals surface area (Å²) in [5.41, 5.74) is 3.07. The summed E-state index contributed by atoms with van der Waals surface area (Å²) in [6, 6.07) is 4.15. The van der Waals surface area contributed by atoms with Gasteiger partial charge in [0.1, 0.15) is 11.1 Å². The van der Waals surface area contributed by atoms with Crippen LogP contribution in [0.5, 0.6) is 0 Å². The number of amides is 1. The number of hydrogen-bond acceptors (Lipinski definition) is 5. The third-order valence-corrected chi connectivity index (χ3v) is 6.76. The first-order valence-electron chi connectivity index (χ1n) is 8.67. The number of nitrogens with one attached hydrogen (secondary N) is 1. The van der Waals surface area contributed by atoms with Crippen LogP contribution in [0.4, 0.5) is 5.00 Å². The number of carbonyl (C=O) groups excluding carboxylic acids is 1. The summed E-state index contributed by atoms with van der Waals surface area (Å²) < 4.78 is 0. The van der Waals surface area contributed by atoms with E-state index in [1.807, 2.05) is 24.3 Å². The minimum atomic E-state index is -0.256. The van der Waals surface area contributed by atoms with Gasteiger partial charge in [-0.15, -0.1) is 11.3 Å². The van der Waals surface area contributed by atoms with E-state index in [2.05, 4.69) is 22.8 Å². The van der Waals surface area contributed by atoms with Gasteiger partial charge in [-0.05, 0) is 67.6 Å². The molecule has 0 saturated carbocycles. The Morgan fingerprint density at radius 2 is 2.20 bits per heavy atom. The van der Waals surface area contributed by atoms with Crippen molar-refractivity contribution in [3.05, 3.63) is 38.4 Å². The highest BCUT2D eigenvalue weighted by Gasteiger charge is 2.24. The van der Waals surface area contributed by atoms with Crippen molar-refractivity contribution in [2.75, 3.05) is 12.4 Å². The molecule has 25 heavy (non-hydrogen) atoms. The Bertz CT molecular complexity index is 773. The van der Waals surface area contributed by atoms with E-state index in [-0.39, 0.29) is 11.9 Å². The zero-order valence-corrected chi connectivity index (χ0v) is 16.3. The molecule has 0 saturated heterocycles. The maximum Gasteiger partial charge on any atom is 0.242 e. The zero-order chi connectivity index (χ0) is 17.8. The lowest BCUT2D eigenvalue weighted by Crippen LogP contribution is -2.39. The van der Waals surface area contributed by atoms with Crippen LogP contribution >= 0.6 is 22.7 Å². The van der Waals surface area contributed by atoms with Gasteiger partial charge in [0.15, 0.2) is 0 Å². The first-order chi connectivity index (χ1) is 12.1. The van der Waals surface area contributed by atoms with Crippen molar-refractivity contribution in [1.82, 2.24) is 4.90 Å². The number of fused-ring (bicyclic) bond motifs is 1. The highest BCUT2D eigenvalue weighted by Crippen LogP contribution is 2.37. The summed E-state index contributed by atoms with van der Waals surface area (Å²) in [7, 11) is 1.96. The van der Waals surface area contributed by atoms with Gasteiger partial charge in [-0.2, -0.15) is 16.6 Å². The summed E-state index contributed by atoms with van der Waals surface area (Å²) in [5.74, 6) is -0.0503. The average Bonchev–Trinajstić information content (AvgIpc) is 3.15. The van der Waals surface area contributed by atoms with Crippen LogP contribution in [0.1, 0.15) is 47.8 Å². The summed E-state index contributed by atoms with van der Waals surface area (Å²) in [4.78, 5) is 16.0.